The molecule has 2 N–H and O–H groups in total. The monoisotopic (exact) mass is 516 g/mol. The van der Waals surface area contributed by atoms with Gasteiger partial charge in [-0.25, -0.2) is 9.36 Å². The Morgan fingerprint density at radius 3 is 2.33 bits per heavy atom. The van der Waals surface area contributed by atoms with Crippen molar-refractivity contribution >= 4 is 15.4 Å². The average molecular weight is 516 g/mol. The minimum Gasteiger partial charge on any atom is -0.382 e. The molecule has 0 aromatic carbocycles. The molecular formula is C17H30N2O12P2. The molecule has 0 aliphatic heterocycles. The molecule has 0 radical (unpaired) electrons. The van der Waals surface area contributed by atoms with E-state index in [0.717, 1.165) is 23.6 Å². The van der Waals surface area contributed by atoms with Gasteiger partial charge in [0.1, 0.15) is 6.10 Å². The van der Waals surface area contributed by atoms with E-state index >= 15 is 0 Å². The van der Waals surface area contributed by atoms with Gasteiger partial charge in [0.05, 0.1) is 26.4 Å². The van der Waals surface area contributed by atoms with Gasteiger partial charge in [-0.2, -0.15) is 0 Å². The summed E-state index contributed by atoms with van der Waals surface area (Å²) in [7, 11) is -3.22. The summed E-state index contributed by atoms with van der Waals surface area (Å²) >= 11 is 0. The van der Waals surface area contributed by atoms with E-state index in [-0.39, 0.29) is 25.4 Å². The van der Waals surface area contributed by atoms with Crippen LogP contribution in [0, 0.1) is 0 Å². The van der Waals surface area contributed by atoms with E-state index in [4.69, 9.17) is 27.8 Å². The van der Waals surface area contributed by atoms with Crippen LogP contribution in [0.1, 0.15) is 13.2 Å². The molecule has 14 nitrogen and oxygen atoms in total. The standard InChI is InChI=1S/C17H30N2O12P2/c1-13(12-32(22,26-3)27-4)14(10-30-33(23,24)28-5)31-16(11-29-9-8-25-2)19-7-6-15(20)18-17(19)21/h6-7,12,14,16H,8-11H2,1-5H3,(H,23,24)(H,18,20,21)/b13-12+/t14-,16+/m0/s1. The van der Waals surface area contributed by atoms with Crippen LogP contribution in [-0.2, 0) is 41.4 Å². The van der Waals surface area contributed by atoms with E-state index in [0.29, 0.717) is 0 Å². The minimum absolute atomic E-state index is 0.169. The van der Waals surface area contributed by atoms with Gasteiger partial charge < -0.3 is 28.2 Å². The summed E-state index contributed by atoms with van der Waals surface area (Å²) in [6.07, 6.45) is -1.08. The number of hydrogen-bond donors (Lipinski definition) is 2. The summed E-state index contributed by atoms with van der Waals surface area (Å²) in [6, 6.07) is 1.11. The van der Waals surface area contributed by atoms with Gasteiger partial charge in [-0.15, -0.1) is 0 Å². The van der Waals surface area contributed by atoms with Crippen molar-refractivity contribution in [3.8, 4) is 0 Å². The number of nitrogens with one attached hydrogen (secondary N) is 1. The Morgan fingerprint density at radius 2 is 1.79 bits per heavy atom. The molecule has 0 aliphatic carbocycles. The van der Waals surface area contributed by atoms with Crippen LogP contribution in [0.25, 0.3) is 0 Å². The SMILES string of the molecule is COCCOC[C@@H](O[C@@H](COP(=O)(O)OC)/C(C)=C/P(=O)(OC)OC)n1ccc(=O)[nH]c1=O. The normalized spacial score (nSPS) is 16.4. The van der Waals surface area contributed by atoms with Gasteiger partial charge in [-0.1, -0.05) is 0 Å². The van der Waals surface area contributed by atoms with Gasteiger partial charge in [0.15, 0.2) is 6.23 Å². The smallest absolute Gasteiger partial charge is 0.382 e. The van der Waals surface area contributed by atoms with E-state index in [9.17, 15) is 23.6 Å². The number of ether oxygens (including phenoxy) is 3. The number of methoxy groups -OCH3 is 1. The zero-order valence-corrected chi connectivity index (χ0v) is 20.8. The maximum absolute atomic E-state index is 12.5. The largest absolute Gasteiger partial charge is 0.472 e. The van der Waals surface area contributed by atoms with E-state index in [1.165, 1.54) is 34.4 Å². The van der Waals surface area contributed by atoms with Crippen LogP contribution in [0.15, 0.2) is 33.2 Å². The molecule has 190 valence electrons. The summed E-state index contributed by atoms with van der Waals surface area (Å²) < 4.78 is 60.8. The Bertz CT molecular complexity index is 967. The first-order valence-electron chi connectivity index (χ1n) is 9.48. The number of hydrogen-bond acceptors (Lipinski definition) is 11. The van der Waals surface area contributed by atoms with Crippen molar-refractivity contribution in [3.63, 3.8) is 0 Å². The van der Waals surface area contributed by atoms with Gasteiger partial charge >= 0.3 is 21.1 Å². The summed E-state index contributed by atoms with van der Waals surface area (Å²) in [5.74, 6) is 1.15. The Morgan fingerprint density at radius 1 is 1.12 bits per heavy atom. The zero-order valence-electron chi connectivity index (χ0n) is 19.0. The van der Waals surface area contributed by atoms with Gasteiger partial charge in [-0.05, 0) is 12.5 Å². The van der Waals surface area contributed by atoms with Crippen molar-refractivity contribution in [2.45, 2.75) is 19.3 Å². The molecular weight excluding hydrogens is 486 g/mol. The number of H-pyrrole nitrogens is 1. The number of aromatic nitrogens is 2. The molecule has 0 fully saturated rings. The van der Waals surface area contributed by atoms with Crippen LogP contribution in [0.2, 0.25) is 0 Å². The first-order valence-corrected chi connectivity index (χ1v) is 12.6. The highest BCUT2D eigenvalue weighted by Gasteiger charge is 2.28. The van der Waals surface area contributed by atoms with E-state index < -0.39 is 45.6 Å². The van der Waals surface area contributed by atoms with Crippen LogP contribution in [-0.4, -0.2) is 75.4 Å². The molecule has 1 aromatic heterocycles. The third kappa shape index (κ3) is 10.1. The predicted molar refractivity (Wildman–Crippen MR) is 116 cm³/mol. The first-order chi connectivity index (χ1) is 15.5. The molecule has 1 aromatic rings. The van der Waals surface area contributed by atoms with E-state index in [1.54, 1.807) is 0 Å². The molecule has 0 aliphatic rings. The van der Waals surface area contributed by atoms with Crippen molar-refractivity contribution in [1.29, 1.82) is 0 Å². The lowest BCUT2D eigenvalue weighted by Gasteiger charge is -2.27. The summed E-state index contributed by atoms with van der Waals surface area (Å²) in [6.45, 7) is 1.22. The number of rotatable bonds is 16. The molecule has 0 amide bonds. The number of nitrogens with zero attached hydrogens (tertiary/aromatic N) is 1. The fraction of sp³-hybridized carbons (Fsp3) is 0.647. The Balaban J connectivity index is 3.32. The lowest BCUT2D eigenvalue weighted by atomic mass is 10.2. The molecule has 3 atom stereocenters. The zero-order chi connectivity index (χ0) is 25.1. The quantitative estimate of drug-likeness (QED) is 0.238. The molecule has 0 saturated heterocycles. The van der Waals surface area contributed by atoms with Crippen molar-refractivity contribution < 1.29 is 46.3 Å². The Labute approximate surface area is 190 Å². The Hall–Kier alpha value is -1.44. The maximum Gasteiger partial charge on any atom is 0.472 e. The summed E-state index contributed by atoms with van der Waals surface area (Å²) in [5.41, 5.74) is -1.17. The lowest BCUT2D eigenvalue weighted by molar-refractivity contribution is -0.101. The second-order valence-electron chi connectivity index (χ2n) is 6.39. The number of aromatic amines is 1. The number of phosphoric ester groups is 1. The molecule has 1 unspecified atom stereocenters. The topological polar surface area (TPSA) is 174 Å². The highest BCUT2D eigenvalue weighted by molar-refractivity contribution is 7.57. The average Bonchev–Trinajstić information content (AvgIpc) is 2.78. The third-order valence-electron chi connectivity index (χ3n) is 4.17. The fourth-order valence-electron chi connectivity index (χ4n) is 2.36. The van der Waals surface area contributed by atoms with E-state index in [2.05, 4.69) is 9.51 Å². The molecule has 0 saturated carbocycles. The lowest BCUT2D eigenvalue weighted by Crippen LogP contribution is -2.37. The molecule has 0 bridgehead atoms. The van der Waals surface area contributed by atoms with Crippen molar-refractivity contribution in [1.82, 2.24) is 9.55 Å². The van der Waals surface area contributed by atoms with Gasteiger partial charge in [0.2, 0.25) is 0 Å². The van der Waals surface area contributed by atoms with E-state index in [1.807, 2.05) is 0 Å². The molecule has 0 spiro atoms. The molecule has 33 heavy (non-hydrogen) atoms. The summed E-state index contributed by atoms with van der Waals surface area (Å²) in [4.78, 5) is 35.5. The Kier molecular flexibility index (Phi) is 12.6. The third-order valence-corrected chi connectivity index (χ3v) is 6.85. The predicted octanol–water partition coefficient (Wildman–Crippen LogP) is 1.24. The molecule has 1 rings (SSSR count). The second kappa shape index (κ2) is 14.1. The van der Waals surface area contributed by atoms with Crippen LogP contribution in [0.4, 0.5) is 0 Å². The minimum atomic E-state index is -4.40. The van der Waals surface area contributed by atoms with Crippen molar-refractivity contribution in [2.75, 3.05) is 54.9 Å². The maximum atomic E-state index is 12.5. The van der Waals surface area contributed by atoms with Gasteiger partial charge in [0.25, 0.3) is 5.56 Å². The fourth-order valence-corrected chi connectivity index (χ4v) is 3.81. The number of phosphoric acid groups is 1. The molecule has 1 heterocycles. The second-order valence-corrected chi connectivity index (χ2v) is 10.0. The van der Waals surface area contributed by atoms with Crippen molar-refractivity contribution in [2.24, 2.45) is 0 Å². The summed E-state index contributed by atoms with van der Waals surface area (Å²) in [5, 5.41) is 0. The first kappa shape index (κ1) is 29.6. The highest BCUT2D eigenvalue weighted by Crippen LogP contribution is 2.49. The van der Waals surface area contributed by atoms with Crippen molar-refractivity contribution in [3.05, 3.63) is 44.5 Å². The van der Waals surface area contributed by atoms with Crippen LogP contribution in [0.5, 0.6) is 0 Å². The van der Waals surface area contributed by atoms with Gasteiger partial charge in [-0.3, -0.25) is 28.0 Å². The van der Waals surface area contributed by atoms with Gasteiger partial charge in [0, 0.05) is 46.5 Å². The van der Waals surface area contributed by atoms with Crippen LogP contribution < -0.4 is 11.2 Å². The van der Waals surface area contributed by atoms with Crippen LogP contribution in [0.3, 0.4) is 0 Å². The highest BCUT2D eigenvalue weighted by atomic mass is 31.2. The molecule has 16 heteroatoms. The van der Waals surface area contributed by atoms with Crippen LogP contribution >= 0.6 is 15.4 Å².